The minimum Gasteiger partial charge on any atom is -0.478 e. The fourth-order valence-electron chi connectivity index (χ4n) is 3.26. The van der Waals surface area contributed by atoms with Crippen molar-refractivity contribution in [3.05, 3.63) is 94.9 Å². The van der Waals surface area contributed by atoms with Crippen LogP contribution in [0, 0.1) is 0 Å². The van der Waals surface area contributed by atoms with Crippen LogP contribution in [-0.2, 0) is 12.7 Å². The minimum atomic E-state index is -4.34. The first-order chi connectivity index (χ1) is 16.2. The number of hydrogen-bond acceptors (Lipinski definition) is 5. The summed E-state index contributed by atoms with van der Waals surface area (Å²) in [7, 11) is 1.87. The first kappa shape index (κ1) is 23.3. The van der Waals surface area contributed by atoms with Gasteiger partial charge in [-0.25, -0.2) is 9.78 Å². The van der Waals surface area contributed by atoms with Crippen LogP contribution < -0.4 is 10.2 Å². The van der Waals surface area contributed by atoms with E-state index in [1.54, 1.807) is 24.3 Å². The zero-order valence-corrected chi connectivity index (χ0v) is 18.8. The monoisotopic (exact) mass is 483 g/mol. The van der Waals surface area contributed by atoms with Crippen LogP contribution in [0.4, 0.5) is 29.7 Å². The number of anilines is 3. The van der Waals surface area contributed by atoms with E-state index < -0.39 is 17.7 Å². The van der Waals surface area contributed by atoms with Crippen LogP contribution in [0.2, 0.25) is 0 Å². The van der Waals surface area contributed by atoms with Crippen molar-refractivity contribution in [2.45, 2.75) is 12.7 Å². The molecule has 9 heteroatoms. The SMILES string of the molecule is CN(c1ccc(C(=O)O)cc1)c1nc(-c2ccc(NCc3ccc(C(F)(F)F)cc3)cc2)cs1. The molecular weight excluding hydrogens is 463 g/mol. The number of nitrogens with one attached hydrogen (secondary N) is 1. The number of thiazole rings is 1. The van der Waals surface area contributed by atoms with Gasteiger partial charge in [-0.15, -0.1) is 11.3 Å². The molecule has 4 rings (SSSR count). The van der Waals surface area contributed by atoms with Gasteiger partial charge in [-0.05, 0) is 54.1 Å². The molecule has 34 heavy (non-hydrogen) atoms. The average molecular weight is 484 g/mol. The van der Waals surface area contributed by atoms with Gasteiger partial charge in [0.05, 0.1) is 16.8 Å². The summed E-state index contributed by atoms with van der Waals surface area (Å²) in [5.41, 5.74) is 3.72. The first-order valence-electron chi connectivity index (χ1n) is 10.2. The molecule has 0 atom stereocenters. The normalized spacial score (nSPS) is 11.3. The maximum Gasteiger partial charge on any atom is 0.416 e. The van der Waals surface area contributed by atoms with Gasteiger partial charge in [-0.3, -0.25) is 0 Å². The number of hydrogen-bond donors (Lipinski definition) is 2. The zero-order valence-electron chi connectivity index (χ0n) is 18.0. The summed E-state index contributed by atoms with van der Waals surface area (Å²) in [5.74, 6) is -0.969. The van der Waals surface area contributed by atoms with Gasteiger partial charge in [0, 0.05) is 35.9 Å². The molecule has 0 radical (unpaired) electrons. The van der Waals surface area contributed by atoms with E-state index in [9.17, 15) is 18.0 Å². The summed E-state index contributed by atoms with van der Waals surface area (Å²) in [5, 5.41) is 15.0. The van der Waals surface area contributed by atoms with Gasteiger partial charge in [0.25, 0.3) is 0 Å². The minimum absolute atomic E-state index is 0.226. The summed E-state index contributed by atoms with van der Waals surface area (Å²) < 4.78 is 38.0. The molecule has 4 aromatic rings. The standard InChI is InChI=1S/C25H20F3N3O2S/c1-31(21-12-6-18(7-13-21)23(32)33)24-30-22(15-34-24)17-4-10-20(11-5-17)29-14-16-2-8-19(9-3-16)25(26,27)28/h2-13,15,29H,14H2,1H3,(H,32,33). The average Bonchev–Trinajstić information content (AvgIpc) is 3.33. The highest BCUT2D eigenvalue weighted by Gasteiger charge is 2.29. The highest BCUT2D eigenvalue weighted by Crippen LogP contribution is 2.32. The van der Waals surface area contributed by atoms with Gasteiger partial charge in [0.1, 0.15) is 0 Å². The molecule has 0 unspecified atom stereocenters. The number of carboxylic acids is 1. The van der Waals surface area contributed by atoms with Gasteiger partial charge in [0.15, 0.2) is 5.13 Å². The van der Waals surface area contributed by atoms with Gasteiger partial charge < -0.3 is 15.3 Å². The Morgan fingerprint density at radius 1 is 1.00 bits per heavy atom. The molecule has 0 fully saturated rings. The largest absolute Gasteiger partial charge is 0.478 e. The highest BCUT2D eigenvalue weighted by atomic mass is 32.1. The number of carbonyl (C=O) groups is 1. The number of aromatic nitrogens is 1. The lowest BCUT2D eigenvalue weighted by Crippen LogP contribution is -2.09. The quantitative estimate of drug-likeness (QED) is 0.299. The number of aromatic carboxylic acids is 1. The van der Waals surface area contributed by atoms with Gasteiger partial charge >= 0.3 is 12.1 Å². The maximum atomic E-state index is 12.7. The van der Waals surface area contributed by atoms with Crippen molar-refractivity contribution in [1.29, 1.82) is 0 Å². The van der Waals surface area contributed by atoms with E-state index in [0.29, 0.717) is 6.54 Å². The number of nitrogens with zero attached hydrogens (tertiary/aromatic N) is 2. The molecule has 1 heterocycles. The fourth-order valence-corrected chi connectivity index (χ4v) is 4.08. The third-order valence-electron chi connectivity index (χ3n) is 5.24. The lowest BCUT2D eigenvalue weighted by Gasteiger charge is -2.15. The van der Waals surface area contributed by atoms with Crippen molar-refractivity contribution < 1.29 is 23.1 Å². The van der Waals surface area contributed by atoms with Crippen LogP contribution >= 0.6 is 11.3 Å². The van der Waals surface area contributed by atoms with Crippen molar-refractivity contribution in [2.75, 3.05) is 17.3 Å². The van der Waals surface area contributed by atoms with Gasteiger partial charge in [-0.2, -0.15) is 13.2 Å². The van der Waals surface area contributed by atoms with E-state index in [-0.39, 0.29) is 5.56 Å². The number of benzene rings is 3. The van der Waals surface area contributed by atoms with Crippen LogP contribution in [0.5, 0.6) is 0 Å². The molecule has 0 aliphatic carbocycles. The summed E-state index contributed by atoms with van der Waals surface area (Å²) in [4.78, 5) is 17.6. The highest BCUT2D eigenvalue weighted by molar-refractivity contribution is 7.14. The molecule has 3 aromatic carbocycles. The Hall–Kier alpha value is -3.85. The number of alkyl halides is 3. The van der Waals surface area contributed by atoms with Crippen LogP contribution in [0.1, 0.15) is 21.5 Å². The van der Waals surface area contributed by atoms with E-state index in [2.05, 4.69) is 10.3 Å². The summed E-state index contributed by atoms with van der Waals surface area (Å²) in [6.07, 6.45) is -4.34. The molecule has 0 spiro atoms. The maximum absolute atomic E-state index is 12.7. The number of rotatable bonds is 7. The van der Waals surface area contributed by atoms with Gasteiger partial charge in [0.2, 0.25) is 0 Å². The Labute approximate surface area is 198 Å². The summed E-state index contributed by atoms with van der Waals surface area (Å²) >= 11 is 1.48. The lowest BCUT2D eigenvalue weighted by molar-refractivity contribution is -0.137. The Morgan fingerprint density at radius 3 is 2.24 bits per heavy atom. The zero-order chi connectivity index (χ0) is 24.3. The molecule has 174 valence electrons. The molecular formula is C25H20F3N3O2S. The summed E-state index contributed by atoms with van der Waals surface area (Å²) in [6.45, 7) is 0.407. The Bertz CT molecular complexity index is 1270. The van der Waals surface area contributed by atoms with Crippen molar-refractivity contribution >= 4 is 33.8 Å². The molecule has 0 amide bonds. The van der Waals surface area contributed by atoms with E-state index in [1.165, 1.54) is 23.5 Å². The first-order valence-corrected chi connectivity index (χ1v) is 11.1. The van der Waals surface area contributed by atoms with Crippen molar-refractivity contribution in [3.63, 3.8) is 0 Å². The Morgan fingerprint density at radius 2 is 1.65 bits per heavy atom. The van der Waals surface area contributed by atoms with E-state index in [4.69, 9.17) is 5.11 Å². The second kappa shape index (κ2) is 9.56. The van der Waals surface area contributed by atoms with E-state index in [1.807, 2.05) is 41.6 Å². The Kier molecular flexibility index (Phi) is 6.56. The van der Waals surface area contributed by atoms with Crippen LogP contribution in [0.3, 0.4) is 0 Å². The molecule has 0 saturated carbocycles. The van der Waals surface area contributed by atoms with Crippen molar-refractivity contribution in [2.24, 2.45) is 0 Å². The molecule has 0 bridgehead atoms. The molecule has 1 aromatic heterocycles. The smallest absolute Gasteiger partial charge is 0.416 e. The van der Waals surface area contributed by atoms with Crippen molar-refractivity contribution in [1.82, 2.24) is 4.98 Å². The second-order valence-corrected chi connectivity index (χ2v) is 8.39. The third kappa shape index (κ3) is 5.37. The molecule has 0 aliphatic rings. The summed E-state index contributed by atoms with van der Waals surface area (Å²) in [6, 6.07) is 19.3. The van der Waals surface area contributed by atoms with Crippen molar-refractivity contribution in [3.8, 4) is 11.3 Å². The van der Waals surface area contributed by atoms with Crippen LogP contribution in [0.25, 0.3) is 11.3 Å². The molecule has 2 N–H and O–H groups in total. The van der Waals surface area contributed by atoms with E-state index in [0.717, 1.165) is 45.5 Å². The number of halogens is 3. The Balaban J connectivity index is 1.39. The fraction of sp³-hybridized carbons (Fsp3) is 0.120. The lowest BCUT2D eigenvalue weighted by atomic mass is 10.1. The predicted molar refractivity (Wildman–Crippen MR) is 128 cm³/mol. The number of carboxylic acid groups (broad SMARTS) is 1. The van der Waals surface area contributed by atoms with Crippen LogP contribution in [0.15, 0.2) is 78.2 Å². The van der Waals surface area contributed by atoms with Gasteiger partial charge in [-0.1, -0.05) is 24.3 Å². The topological polar surface area (TPSA) is 65.5 Å². The third-order valence-corrected chi connectivity index (χ3v) is 6.16. The van der Waals surface area contributed by atoms with E-state index >= 15 is 0 Å². The molecule has 5 nitrogen and oxygen atoms in total. The molecule has 0 aliphatic heterocycles. The van der Waals surface area contributed by atoms with Crippen LogP contribution in [-0.4, -0.2) is 23.1 Å². The predicted octanol–water partition coefficient (Wildman–Crippen LogP) is 6.91. The second-order valence-electron chi connectivity index (χ2n) is 7.55. The molecule has 0 saturated heterocycles.